The monoisotopic (exact) mass is 196 g/mol. The molecule has 0 saturated heterocycles. The van der Waals surface area contributed by atoms with E-state index in [1.807, 2.05) is 19.1 Å². The van der Waals surface area contributed by atoms with Crippen molar-refractivity contribution in [3.05, 3.63) is 24.3 Å². The highest BCUT2D eigenvalue weighted by Crippen LogP contribution is 1.76. The number of hydrogen-bond acceptors (Lipinski definition) is 2. The zero-order valence-electron chi connectivity index (χ0n) is 9.05. The first-order valence-electron chi connectivity index (χ1n) is 5.09. The van der Waals surface area contributed by atoms with Crippen molar-refractivity contribution in [2.24, 2.45) is 0 Å². The number of carbonyl (C=O) groups excluding carboxylic acids is 1. The molecule has 0 bridgehead atoms. The van der Waals surface area contributed by atoms with E-state index in [1.165, 1.54) is 6.08 Å². The van der Waals surface area contributed by atoms with Crippen LogP contribution in [-0.4, -0.2) is 25.5 Å². The molecule has 0 unspecified atom stereocenters. The minimum Gasteiger partial charge on any atom is -0.351 e. The maximum absolute atomic E-state index is 11.1. The van der Waals surface area contributed by atoms with Crippen LogP contribution in [0, 0.1) is 0 Å². The van der Waals surface area contributed by atoms with Gasteiger partial charge in [-0.3, -0.25) is 4.79 Å². The molecule has 0 aromatic rings. The number of amides is 1. The summed E-state index contributed by atoms with van der Waals surface area (Å²) in [6, 6.07) is 0. The minimum absolute atomic E-state index is 0.0404. The third-order valence-corrected chi connectivity index (χ3v) is 1.58. The lowest BCUT2D eigenvalue weighted by atomic mass is 10.4. The molecule has 0 aliphatic rings. The Balaban J connectivity index is 3.35. The first-order chi connectivity index (χ1) is 6.81. The van der Waals surface area contributed by atoms with E-state index < -0.39 is 0 Å². The summed E-state index contributed by atoms with van der Waals surface area (Å²) in [4.78, 5) is 11.1. The van der Waals surface area contributed by atoms with Crippen molar-refractivity contribution in [1.82, 2.24) is 10.6 Å². The molecule has 0 spiro atoms. The van der Waals surface area contributed by atoms with Crippen LogP contribution < -0.4 is 10.6 Å². The van der Waals surface area contributed by atoms with Gasteiger partial charge in [0.15, 0.2) is 0 Å². The summed E-state index contributed by atoms with van der Waals surface area (Å²) in [6.07, 6.45) is 8.09. The zero-order chi connectivity index (χ0) is 10.6. The summed E-state index contributed by atoms with van der Waals surface area (Å²) in [7, 11) is 0. The van der Waals surface area contributed by atoms with Crippen molar-refractivity contribution in [3.63, 3.8) is 0 Å². The first kappa shape index (κ1) is 12.9. The molecular formula is C11H20N2O. The fraction of sp³-hybridized carbons (Fsp3) is 0.545. The molecular weight excluding hydrogens is 176 g/mol. The summed E-state index contributed by atoms with van der Waals surface area (Å²) < 4.78 is 0. The van der Waals surface area contributed by atoms with Crippen LogP contribution in [0.4, 0.5) is 0 Å². The number of carbonyl (C=O) groups is 1. The molecule has 0 fully saturated rings. The predicted molar refractivity (Wildman–Crippen MR) is 60.1 cm³/mol. The average molecular weight is 196 g/mol. The highest BCUT2D eigenvalue weighted by molar-refractivity contribution is 5.87. The number of hydrogen-bond donors (Lipinski definition) is 2. The van der Waals surface area contributed by atoms with Gasteiger partial charge >= 0.3 is 0 Å². The van der Waals surface area contributed by atoms with Crippen molar-refractivity contribution in [3.8, 4) is 0 Å². The molecule has 80 valence electrons. The summed E-state index contributed by atoms with van der Waals surface area (Å²) in [6.45, 7) is 6.54. The Bertz CT molecular complexity index is 197. The van der Waals surface area contributed by atoms with Crippen molar-refractivity contribution in [2.75, 3.05) is 19.6 Å². The van der Waals surface area contributed by atoms with Crippen LogP contribution in [0.25, 0.3) is 0 Å². The summed E-state index contributed by atoms with van der Waals surface area (Å²) >= 11 is 0. The number of rotatable bonds is 7. The molecule has 14 heavy (non-hydrogen) atoms. The van der Waals surface area contributed by atoms with Gasteiger partial charge in [-0.25, -0.2) is 0 Å². The Kier molecular flexibility index (Phi) is 9.22. The molecule has 0 saturated carbocycles. The second-order valence-corrected chi connectivity index (χ2v) is 2.93. The van der Waals surface area contributed by atoms with Gasteiger partial charge in [0.1, 0.15) is 0 Å². The van der Waals surface area contributed by atoms with E-state index in [4.69, 9.17) is 0 Å². The Hall–Kier alpha value is -1.09. The van der Waals surface area contributed by atoms with E-state index in [1.54, 1.807) is 6.08 Å². The first-order valence-corrected chi connectivity index (χ1v) is 5.09. The van der Waals surface area contributed by atoms with Crippen molar-refractivity contribution in [2.45, 2.75) is 20.3 Å². The third kappa shape index (κ3) is 9.00. The van der Waals surface area contributed by atoms with Gasteiger partial charge in [0, 0.05) is 19.2 Å². The molecule has 0 radical (unpaired) electrons. The zero-order valence-corrected chi connectivity index (χ0v) is 9.05. The van der Waals surface area contributed by atoms with Crippen LogP contribution in [-0.2, 0) is 4.79 Å². The van der Waals surface area contributed by atoms with Crippen LogP contribution in [0.5, 0.6) is 0 Å². The van der Waals surface area contributed by atoms with Gasteiger partial charge in [-0.2, -0.15) is 0 Å². The normalized spacial score (nSPS) is 11.3. The van der Waals surface area contributed by atoms with Crippen molar-refractivity contribution >= 4 is 5.91 Å². The lowest BCUT2D eigenvalue weighted by Crippen LogP contribution is -2.30. The minimum atomic E-state index is -0.0404. The molecule has 3 nitrogen and oxygen atoms in total. The Morgan fingerprint density at radius 3 is 2.64 bits per heavy atom. The molecule has 2 N–H and O–H groups in total. The molecule has 0 aromatic heterocycles. The highest BCUT2D eigenvalue weighted by atomic mass is 16.1. The average Bonchev–Trinajstić information content (AvgIpc) is 2.18. The van der Waals surface area contributed by atoms with E-state index in [0.717, 1.165) is 19.5 Å². The topological polar surface area (TPSA) is 41.1 Å². The summed E-state index contributed by atoms with van der Waals surface area (Å²) in [5.74, 6) is -0.0404. The van der Waals surface area contributed by atoms with Crippen LogP contribution in [0.1, 0.15) is 20.3 Å². The van der Waals surface area contributed by atoms with Gasteiger partial charge in [0.05, 0.1) is 0 Å². The molecule has 0 heterocycles. The lowest BCUT2D eigenvalue weighted by Gasteiger charge is -2.02. The van der Waals surface area contributed by atoms with Gasteiger partial charge in [-0.15, -0.1) is 0 Å². The quantitative estimate of drug-likeness (QED) is 0.365. The molecule has 0 aliphatic carbocycles. The smallest absolute Gasteiger partial charge is 0.244 e. The third-order valence-electron chi connectivity index (χ3n) is 1.58. The van der Waals surface area contributed by atoms with Crippen molar-refractivity contribution in [1.29, 1.82) is 0 Å². The van der Waals surface area contributed by atoms with Crippen LogP contribution >= 0.6 is 0 Å². The fourth-order valence-electron chi connectivity index (χ4n) is 0.889. The fourth-order valence-corrected chi connectivity index (χ4v) is 0.889. The summed E-state index contributed by atoms with van der Waals surface area (Å²) in [5.41, 5.74) is 0. The van der Waals surface area contributed by atoms with Crippen LogP contribution in [0.15, 0.2) is 24.3 Å². The molecule has 1 amide bonds. The van der Waals surface area contributed by atoms with Crippen molar-refractivity contribution < 1.29 is 4.79 Å². The van der Waals surface area contributed by atoms with Crippen LogP contribution in [0.3, 0.4) is 0 Å². The molecule has 0 aromatic carbocycles. The standard InChI is InChI=1S/C11H20N2O/c1-3-5-6-7-11(14)13-10-9-12-8-4-2/h3,5-7,12H,4,8-10H2,1-2H3,(H,13,14). The van der Waals surface area contributed by atoms with Gasteiger partial charge in [-0.05, 0) is 19.9 Å². The molecule has 0 aliphatic heterocycles. The SMILES string of the molecule is CC=CC=CC(=O)NCCNCCC. The maximum Gasteiger partial charge on any atom is 0.244 e. The van der Waals surface area contributed by atoms with Gasteiger partial charge in [0.2, 0.25) is 5.91 Å². The van der Waals surface area contributed by atoms with Gasteiger partial charge in [-0.1, -0.05) is 25.2 Å². The van der Waals surface area contributed by atoms with E-state index in [0.29, 0.717) is 6.54 Å². The van der Waals surface area contributed by atoms with Gasteiger partial charge in [0.25, 0.3) is 0 Å². The number of allylic oxidation sites excluding steroid dienone is 3. The molecule has 3 heteroatoms. The second kappa shape index (κ2) is 9.99. The van der Waals surface area contributed by atoms with Gasteiger partial charge < -0.3 is 10.6 Å². The van der Waals surface area contributed by atoms with E-state index in [-0.39, 0.29) is 5.91 Å². The largest absolute Gasteiger partial charge is 0.351 e. The second-order valence-electron chi connectivity index (χ2n) is 2.93. The van der Waals surface area contributed by atoms with E-state index in [2.05, 4.69) is 17.6 Å². The number of nitrogens with one attached hydrogen (secondary N) is 2. The molecule has 0 atom stereocenters. The maximum atomic E-state index is 11.1. The summed E-state index contributed by atoms with van der Waals surface area (Å²) in [5, 5.41) is 5.98. The predicted octanol–water partition coefficient (Wildman–Crippen LogP) is 1.23. The van der Waals surface area contributed by atoms with E-state index in [9.17, 15) is 4.79 Å². The van der Waals surface area contributed by atoms with Crippen LogP contribution in [0.2, 0.25) is 0 Å². The Labute approximate surface area is 86.3 Å². The Morgan fingerprint density at radius 2 is 2.00 bits per heavy atom. The van der Waals surface area contributed by atoms with E-state index >= 15 is 0 Å². The Morgan fingerprint density at radius 1 is 1.21 bits per heavy atom. The molecule has 0 rings (SSSR count). The highest BCUT2D eigenvalue weighted by Gasteiger charge is 1.91. The lowest BCUT2D eigenvalue weighted by molar-refractivity contribution is -0.116.